The van der Waals surface area contributed by atoms with E-state index in [1.807, 2.05) is 6.08 Å². The summed E-state index contributed by atoms with van der Waals surface area (Å²) in [5, 5.41) is 40.8. The summed E-state index contributed by atoms with van der Waals surface area (Å²) in [6, 6.07) is 0. The quantitative estimate of drug-likeness (QED) is 0.0312. The lowest BCUT2D eigenvalue weighted by atomic mass is 9.88. The van der Waals surface area contributed by atoms with Gasteiger partial charge >= 0.3 is 11.9 Å². The van der Waals surface area contributed by atoms with Gasteiger partial charge in [0.15, 0.2) is 6.10 Å². The number of rotatable bonds is 32. The van der Waals surface area contributed by atoms with Crippen LogP contribution in [-0.4, -0.2) is 70.0 Å². The highest BCUT2D eigenvalue weighted by Gasteiger charge is 2.39. The molecule has 0 amide bonds. The van der Waals surface area contributed by atoms with Crippen molar-refractivity contribution in [3.63, 3.8) is 0 Å². The van der Waals surface area contributed by atoms with Gasteiger partial charge in [0.05, 0.1) is 24.9 Å². The average Bonchev–Trinajstić information content (AvgIpc) is 3.34. The third-order valence-electron chi connectivity index (χ3n) is 10.1. The molecular formula is C41H76O8. The van der Waals surface area contributed by atoms with E-state index in [4.69, 9.17) is 9.47 Å². The van der Waals surface area contributed by atoms with Gasteiger partial charge in [-0.2, -0.15) is 0 Å². The van der Waals surface area contributed by atoms with E-state index in [9.17, 15) is 30.0 Å². The van der Waals surface area contributed by atoms with Crippen LogP contribution in [0, 0.1) is 17.8 Å². The Kier molecular flexibility index (Phi) is 28.0. The standard InChI is InChI=1S/C41H76O8/c1-4-5-18-24-34(43)28-29-37-36(38(44)30-39(37)45)25-20-16-17-22-27-41(47)49-35(31-42)32-48-40(46)26-21-15-13-11-9-7-6-8-10-12-14-19-23-33(2)3/h28-29,33-39,42-45H,4-27,30-32H2,1-3H3/b29-28+/t34-,35-,36+,37+,38-,39+/m0/s1. The minimum absolute atomic E-state index is 0.0363. The average molecular weight is 697 g/mol. The van der Waals surface area contributed by atoms with Crippen molar-refractivity contribution in [2.24, 2.45) is 17.8 Å². The zero-order valence-corrected chi connectivity index (χ0v) is 31.7. The highest BCUT2D eigenvalue weighted by Crippen LogP contribution is 2.37. The number of carbonyl (C=O) groups is 2. The molecule has 0 heterocycles. The summed E-state index contributed by atoms with van der Waals surface area (Å²) in [6.45, 7) is 6.21. The second-order valence-electron chi connectivity index (χ2n) is 15.2. The molecule has 8 nitrogen and oxygen atoms in total. The van der Waals surface area contributed by atoms with E-state index in [0.717, 1.165) is 70.1 Å². The van der Waals surface area contributed by atoms with Crippen LogP contribution in [-0.2, 0) is 19.1 Å². The molecule has 0 saturated heterocycles. The third-order valence-corrected chi connectivity index (χ3v) is 10.1. The van der Waals surface area contributed by atoms with Gasteiger partial charge in [-0.3, -0.25) is 9.59 Å². The van der Waals surface area contributed by atoms with E-state index < -0.39 is 37.0 Å². The summed E-state index contributed by atoms with van der Waals surface area (Å²) < 4.78 is 10.6. The predicted octanol–water partition coefficient (Wildman–Crippen LogP) is 8.75. The van der Waals surface area contributed by atoms with Crippen LogP contribution in [0.4, 0.5) is 0 Å². The topological polar surface area (TPSA) is 134 Å². The van der Waals surface area contributed by atoms with Crippen LogP contribution in [0.5, 0.6) is 0 Å². The maximum absolute atomic E-state index is 12.3. The van der Waals surface area contributed by atoms with E-state index >= 15 is 0 Å². The third kappa shape index (κ3) is 24.4. The van der Waals surface area contributed by atoms with E-state index in [0.29, 0.717) is 25.7 Å². The molecule has 0 spiro atoms. The van der Waals surface area contributed by atoms with Crippen LogP contribution < -0.4 is 0 Å². The summed E-state index contributed by atoms with van der Waals surface area (Å²) in [6.07, 6.45) is 26.2. The number of esters is 2. The number of unbranched alkanes of at least 4 members (excludes halogenated alkanes) is 16. The Bertz CT molecular complexity index is 830. The van der Waals surface area contributed by atoms with Crippen molar-refractivity contribution >= 4 is 11.9 Å². The molecule has 0 aromatic rings. The zero-order chi connectivity index (χ0) is 36.1. The monoisotopic (exact) mass is 697 g/mol. The molecule has 0 bridgehead atoms. The molecule has 0 aliphatic heterocycles. The van der Waals surface area contributed by atoms with Crippen molar-refractivity contribution < 1.29 is 39.5 Å². The lowest BCUT2D eigenvalue weighted by Gasteiger charge is -2.21. The van der Waals surface area contributed by atoms with Gasteiger partial charge in [0.1, 0.15) is 6.61 Å². The normalized spacial score (nSPS) is 20.7. The van der Waals surface area contributed by atoms with Gasteiger partial charge in [-0.1, -0.05) is 148 Å². The molecule has 1 saturated carbocycles. The summed E-state index contributed by atoms with van der Waals surface area (Å²) in [5.41, 5.74) is 0. The van der Waals surface area contributed by atoms with Crippen LogP contribution >= 0.6 is 0 Å². The second kappa shape index (κ2) is 30.2. The van der Waals surface area contributed by atoms with Gasteiger partial charge in [0.25, 0.3) is 0 Å². The molecular weight excluding hydrogens is 620 g/mol. The molecule has 6 atom stereocenters. The fraction of sp³-hybridized carbons (Fsp3) is 0.902. The fourth-order valence-corrected chi connectivity index (χ4v) is 6.95. The highest BCUT2D eigenvalue weighted by atomic mass is 16.6. The van der Waals surface area contributed by atoms with Gasteiger partial charge in [0.2, 0.25) is 0 Å². The molecule has 0 radical (unpaired) electrons. The molecule has 4 N–H and O–H groups in total. The first-order valence-corrected chi connectivity index (χ1v) is 20.4. The summed E-state index contributed by atoms with van der Waals surface area (Å²) >= 11 is 0. The molecule has 1 fully saturated rings. The Labute approximate surface area is 299 Å². The SMILES string of the molecule is CCCCC[C@H](O)/C=C/[C@@H]1[C@@H](CCCCCCC(=O)O[C@@H](CO)COC(=O)CCCCCCCCCCCCCCC(C)C)[C@@H](O)C[C@H]1O. The van der Waals surface area contributed by atoms with E-state index in [-0.39, 0.29) is 30.8 Å². The number of hydrogen-bond acceptors (Lipinski definition) is 8. The van der Waals surface area contributed by atoms with Gasteiger partial charge in [-0.05, 0) is 37.5 Å². The number of hydrogen-bond donors (Lipinski definition) is 4. The van der Waals surface area contributed by atoms with Crippen molar-refractivity contribution in [1.29, 1.82) is 0 Å². The maximum Gasteiger partial charge on any atom is 0.306 e. The lowest BCUT2D eigenvalue weighted by Crippen LogP contribution is -2.28. The minimum atomic E-state index is -0.845. The number of aliphatic hydroxyl groups is 4. The minimum Gasteiger partial charge on any atom is -0.462 e. The molecule has 1 aliphatic carbocycles. The van der Waals surface area contributed by atoms with Crippen molar-refractivity contribution in [2.45, 2.75) is 206 Å². The Balaban J connectivity index is 2.07. The van der Waals surface area contributed by atoms with Gasteiger partial charge in [-0.25, -0.2) is 0 Å². The summed E-state index contributed by atoms with van der Waals surface area (Å²) in [7, 11) is 0. The highest BCUT2D eigenvalue weighted by molar-refractivity contribution is 5.70. The molecule has 1 aliphatic rings. The molecule has 0 unspecified atom stereocenters. The van der Waals surface area contributed by atoms with Gasteiger partial charge in [0, 0.05) is 25.2 Å². The number of aliphatic hydroxyl groups excluding tert-OH is 4. The van der Waals surface area contributed by atoms with Crippen LogP contribution in [0.25, 0.3) is 0 Å². The predicted molar refractivity (Wildman–Crippen MR) is 198 cm³/mol. The Morgan fingerprint density at radius 1 is 0.714 bits per heavy atom. The lowest BCUT2D eigenvalue weighted by molar-refractivity contribution is -0.161. The van der Waals surface area contributed by atoms with Crippen LogP contribution in [0.15, 0.2) is 12.2 Å². The first kappa shape index (κ1) is 45.5. The van der Waals surface area contributed by atoms with Crippen molar-refractivity contribution in [3.05, 3.63) is 12.2 Å². The summed E-state index contributed by atoms with van der Waals surface area (Å²) in [4.78, 5) is 24.4. The van der Waals surface area contributed by atoms with Crippen LogP contribution in [0.1, 0.15) is 181 Å². The first-order chi connectivity index (χ1) is 23.7. The first-order valence-electron chi connectivity index (χ1n) is 20.4. The summed E-state index contributed by atoms with van der Waals surface area (Å²) in [5.74, 6) is -0.0878. The number of ether oxygens (including phenoxy) is 2. The second-order valence-corrected chi connectivity index (χ2v) is 15.2. The largest absolute Gasteiger partial charge is 0.462 e. The van der Waals surface area contributed by atoms with Crippen molar-refractivity contribution in [3.8, 4) is 0 Å². The molecule has 8 heteroatoms. The van der Waals surface area contributed by atoms with Crippen molar-refractivity contribution in [1.82, 2.24) is 0 Å². The van der Waals surface area contributed by atoms with Crippen LogP contribution in [0.2, 0.25) is 0 Å². The molecule has 49 heavy (non-hydrogen) atoms. The van der Waals surface area contributed by atoms with E-state index in [1.165, 1.54) is 64.2 Å². The molecule has 0 aromatic carbocycles. The van der Waals surface area contributed by atoms with Gasteiger partial charge in [-0.15, -0.1) is 0 Å². The Morgan fingerprint density at radius 3 is 1.82 bits per heavy atom. The molecule has 1 rings (SSSR count). The zero-order valence-electron chi connectivity index (χ0n) is 31.7. The van der Waals surface area contributed by atoms with Crippen LogP contribution in [0.3, 0.4) is 0 Å². The maximum atomic E-state index is 12.3. The van der Waals surface area contributed by atoms with E-state index in [1.54, 1.807) is 6.08 Å². The van der Waals surface area contributed by atoms with Crippen molar-refractivity contribution in [2.75, 3.05) is 13.2 Å². The fourth-order valence-electron chi connectivity index (χ4n) is 6.95. The Hall–Kier alpha value is -1.48. The smallest absolute Gasteiger partial charge is 0.306 e. The van der Waals surface area contributed by atoms with E-state index in [2.05, 4.69) is 20.8 Å². The van der Waals surface area contributed by atoms with Gasteiger partial charge < -0.3 is 29.9 Å². The Morgan fingerprint density at radius 2 is 1.24 bits per heavy atom. The number of carbonyl (C=O) groups excluding carboxylic acids is 2. The molecule has 0 aromatic heterocycles. The molecule has 288 valence electrons.